The topological polar surface area (TPSA) is 88.9 Å². The van der Waals surface area contributed by atoms with E-state index in [2.05, 4.69) is 20.8 Å². The van der Waals surface area contributed by atoms with Crippen molar-refractivity contribution in [2.75, 3.05) is 11.1 Å². The number of nitrogens with zero attached hydrogens (tertiary/aromatic N) is 3. The van der Waals surface area contributed by atoms with Crippen molar-refractivity contribution in [1.82, 2.24) is 20.1 Å². The summed E-state index contributed by atoms with van der Waals surface area (Å²) >= 11 is 12.9. The lowest BCUT2D eigenvalue weighted by Gasteiger charge is -2.11. The first-order valence-corrected chi connectivity index (χ1v) is 11.0. The van der Waals surface area contributed by atoms with Crippen LogP contribution in [0.15, 0.2) is 47.6 Å². The largest absolute Gasteiger partial charge is 0.416 e. The number of carbonyl (C=O) groups is 2. The monoisotopic (exact) mass is 517 g/mol. The maximum Gasteiger partial charge on any atom is 0.416 e. The van der Waals surface area contributed by atoms with E-state index in [0.717, 1.165) is 30.0 Å². The molecule has 0 aliphatic rings. The second-order valence-corrected chi connectivity index (χ2v) is 8.41. The number of hydrogen-bond acceptors (Lipinski definition) is 5. The number of rotatable bonds is 7. The highest BCUT2D eigenvalue weighted by Crippen LogP contribution is 2.34. The van der Waals surface area contributed by atoms with Crippen LogP contribution in [0.4, 0.5) is 18.9 Å². The first-order chi connectivity index (χ1) is 15.6. The predicted molar refractivity (Wildman–Crippen MR) is 119 cm³/mol. The van der Waals surface area contributed by atoms with E-state index >= 15 is 0 Å². The Balaban J connectivity index is 1.57. The smallest absolute Gasteiger partial charge is 0.345 e. The van der Waals surface area contributed by atoms with Crippen molar-refractivity contribution < 1.29 is 22.8 Å². The van der Waals surface area contributed by atoms with Gasteiger partial charge in [-0.05, 0) is 30.3 Å². The Labute approximate surface area is 200 Å². The SMILES string of the molecule is Cn1c(CNC(=O)c2ccccc2Cl)nnc1SCC(=O)Nc1cc(C(F)(F)F)ccc1Cl. The van der Waals surface area contributed by atoms with Crippen LogP contribution < -0.4 is 10.6 Å². The van der Waals surface area contributed by atoms with Gasteiger partial charge in [0.05, 0.1) is 39.2 Å². The van der Waals surface area contributed by atoms with Gasteiger partial charge in [0.1, 0.15) is 0 Å². The van der Waals surface area contributed by atoms with Crippen LogP contribution in [0.25, 0.3) is 0 Å². The van der Waals surface area contributed by atoms with Gasteiger partial charge in [-0.15, -0.1) is 10.2 Å². The van der Waals surface area contributed by atoms with E-state index in [-0.39, 0.29) is 28.9 Å². The van der Waals surface area contributed by atoms with E-state index in [1.54, 1.807) is 35.9 Å². The molecule has 2 aromatic carbocycles. The van der Waals surface area contributed by atoms with Gasteiger partial charge in [-0.1, -0.05) is 47.1 Å². The Morgan fingerprint density at radius 1 is 1.09 bits per heavy atom. The Bertz CT molecular complexity index is 1190. The van der Waals surface area contributed by atoms with E-state index in [4.69, 9.17) is 23.2 Å². The third kappa shape index (κ3) is 6.40. The maximum absolute atomic E-state index is 12.9. The molecule has 0 unspecified atom stereocenters. The zero-order valence-corrected chi connectivity index (χ0v) is 19.2. The van der Waals surface area contributed by atoms with E-state index in [9.17, 15) is 22.8 Å². The molecule has 1 aromatic heterocycles. The minimum Gasteiger partial charge on any atom is -0.345 e. The zero-order chi connectivity index (χ0) is 24.2. The number of aromatic nitrogens is 3. The van der Waals surface area contributed by atoms with Gasteiger partial charge in [0.15, 0.2) is 11.0 Å². The van der Waals surface area contributed by atoms with Gasteiger partial charge in [0, 0.05) is 7.05 Å². The lowest BCUT2D eigenvalue weighted by Crippen LogP contribution is -2.24. The second kappa shape index (κ2) is 10.4. The molecular weight excluding hydrogens is 502 g/mol. The average molecular weight is 518 g/mol. The molecule has 13 heteroatoms. The van der Waals surface area contributed by atoms with Crippen LogP contribution in [0.3, 0.4) is 0 Å². The van der Waals surface area contributed by atoms with Gasteiger partial charge in [0.2, 0.25) is 5.91 Å². The van der Waals surface area contributed by atoms with Crippen LogP contribution in [-0.4, -0.2) is 32.3 Å². The van der Waals surface area contributed by atoms with E-state index in [1.165, 1.54) is 0 Å². The summed E-state index contributed by atoms with van der Waals surface area (Å²) in [5.74, 6) is -0.669. The Kier molecular flexibility index (Phi) is 7.88. The molecule has 0 saturated carbocycles. The molecule has 33 heavy (non-hydrogen) atoms. The van der Waals surface area contributed by atoms with Gasteiger partial charge in [-0.25, -0.2) is 0 Å². The van der Waals surface area contributed by atoms with Crippen molar-refractivity contribution in [3.05, 3.63) is 69.5 Å². The normalized spacial score (nSPS) is 11.3. The summed E-state index contributed by atoms with van der Waals surface area (Å²) < 4.78 is 40.2. The van der Waals surface area contributed by atoms with Gasteiger partial charge in [-0.3, -0.25) is 9.59 Å². The minimum absolute atomic E-state index is 0.0171. The molecule has 7 nitrogen and oxygen atoms in total. The molecular formula is C20H16Cl2F3N5O2S. The third-order valence-corrected chi connectivity index (χ3v) is 6.03. The summed E-state index contributed by atoms with van der Waals surface area (Å²) in [6.45, 7) is 0.0696. The minimum atomic E-state index is -4.56. The third-order valence-electron chi connectivity index (χ3n) is 4.35. The molecule has 0 aliphatic carbocycles. The number of halogens is 5. The maximum atomic E-state index is 12.9. The lowest BCUT2D eigenvalue weighted by atomic mass is 10.2. The summed E-state index contributed by atoms with van der Waals surface area (Å²) in [5.41, 5.74) is -0.745. The quantitative estimate of drug-likeness (QED) is 0.439. The standard InChI is InChI=1S/C20H16Cl2F3N5O2S/c1-30-16(9-26-18(32)12-4-2-3-5-13(12)21)28-29-19(30)33-10-17(31)27-15-8-11(20(23,24)25)6-7-14(15)22/h2-8H,9-10H2,1H3,(H,26,32)(H,27,31). The van der Waals surface area contributed by atoms with Crippen LogP contribution in [-0.2, 0) is 24.6 Å². The van der Waals surface area contributed by atoms with Gasteiger partial charge < -0.3 is 15.2 Å². The van der Waals surface area contributed by atoms with Crippen LogP contribution >= 0.6 is 35.0 Å². The van der Waals surface area contributed by atoms with E-state index in [1.807, 2.05) is 0 Å². The van der Waals surface area contributed by atoms with Crippen molar-refractivity contribution in [3.8, 4) is 0 Å². The van der Waals surface area contributed by atoms with Crippen molar-refractivity contribution in [1.29, 1.82) is 0 Å². The second-order valence-electron chi connectivity index (χ2n) is 6.65. The first-order valence-electron chi connectivity index (χ1n) is 9.26. The van der Waals surface area contributed by atoms with Gasteiger partial charge in [0.25, 0.3) is 5.91 Å². The first kappa shape index (κ1) is 24.9. The zero-order valence-electron chi connectivity index (χ0n) is 16.9. The van der Waals surface area contributed by atoms with Crippen LogP contribution in [0.1, 0.15) is 21.7 Å². The van der Waals surface area contributed by atoms with Crippen LogP contribution in [0.5, 0.6) is 0 Å². The summed E-state index contributed by atoms with van der Waals surface area (Å²) in [6, 6.07) is 9.26. The van der Waals surface area contributed by atoms with Crippen molar-refractivity contribution in [3.63, 3.8) is 0 Å². The molecule has 174 valence electrons. The van der Waals surface area contributed by atoms with Crippen LogP contribution in [0.2, 0.25) is 10.0 Å². The summed E-state index contributed by atoms with van der Waals surface area (Å²) in [6.07, 6.45) is -4.56. The summed E-state index contributed by atoms with van der Waals surface area (Å²) in [7, 11) is 1.65. The number of nitrogens with one attached hydrogen (secondary N) is 2. The van der Waals surface area contributed by atoms with Gasteiger partial charge >= 0.3 is 6.18 Å². The number of anilines is 1. The highest BCUT2D eigenvalue weighted by Gasteiger charge is 2.31. The molecule has 3 aromatic rings. The fraction of sp³-hybridized carbons (Fsp3) is 0.200. The molecule has 3 rings (SSSR count). The molecule has 0 bridgehead atoms. The number of carbonyl (C=O) groups excluding carboxylic acids is 2. The number of amides is 2. The fourth-order valence-electron chi connectivity index (χ4n) is 2.64. The summed E-state index contributed by atoms with van der Waals surface area (Å²) in [5, 5.41) is 13.7. The number of thioether (sulfide) groups is 1. The Morgan fingerprint density at radius 3 is 2.52 bits per heavy atom. The number of alkyl halides is 3. The molecule has 0 radical (unpaired) electrons. The molecule has 2 amide bonds. The molecule has 0 fully saturated rings. The molecule has 0 aliphatic heterocycles. The fourth-order valence-corrected chi connectivity index (χ4v) is 3.75. The Morgan fingerprint density at radius 2 is 1.82 bits per heavy atom. The van der Waals surface area contributed by atoms with E-state index in [0.29, 0.717) is 21.6 Å². The predicted octanol–water partition coefficient (Wildman–Crippen LogP) is 4.80. The highest BCUT2D eigenvalue weighted by atomic mass is 35.5. The van der Waals surface area contributed by atoms with Gasteiger partial charge in [-0.2, -0.15) is 13.2 Å². The summed E-state index contributed by atoms with van der Waals surface area (Å²) in [4.78, 5) is 24.5. The Hall–Kier alpha value is -2.76. The molecule has 0 spiro atoms. The number of benzene rings is 2. The molecule has 2 N–H and O–H groups in total. The molecule has 0 saturated heterocycles. The van der Waals surface area contributed by atoms with Crippen molar-refractivity contribution in [2.45, 2.75) is 17.9 Å². The van der Waals surface area contributed by atoms with Crippen molar-refractivity contribution >= 4 is 52.5 Å². The highest BCUT2D eigenvalue weighted by molar-refractivity contribution is 7.99. The molecule has 1 heterocycles. The number of hydrogen-bond donors (Lipinski definition) is 2. The molecule has 0 atom stereocenters. The van der Waals surface area contributed by atoms with Crippen LogP contribution in [0, 0.1) is 0 Å². The lowest BCUT2D eigenvalue weighted by molar-refractivity contribution is -0.137. The average Bonchev–Trinajstić information content (AvgIpc) is 3.11. The van der Waals surface area contributed by atoms with E-state index < -0.39 is 17.6 Å². The van der Waals surface area contributed by atoms with Crippen molar-refractivity contribution in [2.24, 2.45) is 7.05 Å².